The average Bonchev–Trinajstić information content (AvgIpc) is 2.36. The van der Waals surface area contributed by atoms with Crippen LogP contribution in [0.3, 0.4) is 0 Å². The Hall–Kier alpha value is -0.680. The first-order valence-corrected chi connectivity index (χ1v) is 6.93. The van der Waals surface area contributed by atoms with Crippen LogP contribution in [-0.4, -0.2) is 55.6 Å². The number of nitrogens with zero attached hydrogens (tertiary/aromatic N) is 2. The summed E-state index contributed by atoms with van der Waals surface area (Å²) in [5.74, 6) is -0.381. The number of nitrogens with two attached hydrogens (primary N) is 1. The molecule has 2 unspecified atom stereocenters. The zero-order chi connectivity index (χ0) is 14.0. The molecule has 0 aliphatic carbocycles. The third kappa shape index (κ3) is 3.66. The van der Waals surface area contributed by atoms with Gasteiger partial charge in [-0.2, -0.15) is 0 Å². The van der Waals surface area contributed by atoms with Gasteiger partial charge in [0.15, 0.2) is 0 Å². The first-order valence-electron chi connectivity index (χ1n) is 6.55. The van der Waals surface area contributed by atoms with Gasteiger partial charge in [-0.3, -0.25) is 4.90 Å². The van der Waals surface area contributed by atoms with E-state index in [-0.39, 0.29) is 16.9 Å². The van der Waals surface area contributed by atoms with Gasteiger partial charge in [0.2, 0.25) is 0 Å². The summed E-state index contributed by atoms with van der Waals surface area (Å²) < 4.78 is 13.1. The van der Waals surface area contributed by atoms with Crippen LogP contribution in [0.25, 0.3) is 0 Å². The van der Waals surface area contributed by atoms with Crippen molar-refractivity contribution in [2.45, 2.75) is 18.5 Å². The topological polar surface area (TPSA) is 32.5 Å². The minimum Gasteiger partial charge on any atom is -0.326 e. The molecule has 0 bridgehead atoms. The molecule has 19 heavy (non-hydrogen) atoms. The molecule has 106 valence electrons. The fourth-order valence-corrected chi connectivity index (χ4v) is 2.78. The lowest BCUT2D eigenvalue weighted by molar-refractivity contribution is 0.0973. The molecule has 2 rings (SSSR count). The van der Waals surface area contributed by atoms with E-state index in [1.807, 2.05) is 0 Å². The highest BCUT2D eigenvalue weighted by molar-refractivity contribution is 6.30. The van der Waals surface area contributed by atoms with Crippen molar-refractivity contribution >= 4 is 11.6 Å². The highest BCUT2D eigenvalue weighted by atomic mass is 35.5. The molecule has 1 aliphatic rings. The maximum absolute atomic E-state index is 13.1. The highest BCUT2D eigenvalue weighted by Crippen LogP contribution is 2.18. The van der Waals surface area contributed by atoms with Gasteiger partial charge in [0.1, 0.15) is 5.82 Å². The molecule has 2 atom stereocenters. The van der Waals surface area contributed by atoms with E-state index < -0.39 is 0 Å². The lowest BCUT2D eigenvalue weighted by Crippen LogP contribution is -2.58. The summed E-state index contributed by atoms with van der Waals surface area (Å²) in [7, 11) is 4.22. The van der Waals surface area contributed by atoms with Gasteiger partial charge in [0.05, 0.1) is 5.02 Å². The lowest BCUT2D eigenvalue weighted by Gasteiger charge is -2.40. The predicted molar refractivity (Wildman–Crippen MR) is 77.0 cm³/mol. The van der Waals surface area contributed by atoms with Gasteiger partial charge < -0.3 is 10.6 Å². The van der Waals surface area contributed by atoms with Crippen LogP contribution < -0.4 is 5.73 Å². The van der Waals surface area contributed by atoms with Gasteiger partial charge in [-0.1, -0.05) is 17.7 Å². The Bertz CT molecular complexity index is 441. The molecule has 1 aromatic rings. The SMILES string of the molecule is CN1CCN(C)C(C(N)Cc2ccc(F)c(Cl)c2)C1. The Morgan fingerprint density at radius 1 is 1.42 bits per heavy atom. The third-order valence-electron chi connectivity index (χ3n) is 3.85. The molecule has 2 N–H and O–H groups in total. The van der Waals surface area contributed by atoms with E-state index in [2.05, 4.69) is 23.9 Å². The van der Waals surface area contributed by atoms with Crippen molar-refractivity contribution in [1.29, 1.82) is 0 Å². The Kier molecular flexibility index (Phi) is 4.79. The van der Waals surface area contributed by atoms with Crippen molar-refractivity contribution in [3.8, 4) is 0 Å². The summed E-state index contributed by atoms with van der Waals surface area (Å²) in [5.41, 5.74) is 7.30. The monoisotopic (exact) mass is 285 g/mol. The number of halogens is 2. The normalized spacial score (nSPS) is 23.5. The van der Waals surface area contributed by atoms with Crippen LogP contribution in [0, 0.1) is 5.82 Å². The molecule has 0 spiro atoms. The zero-order valence-corrected chi connectivity index (χ0v) is 12.2. The molecular formula is C14H21ClFN3. The molecule has 5 heteroatoms. The molecule has 0 amide bonds. The van der Waals surface area contributed by atoms with Gasteiger partial charge in [-0.15, -0.1) is 0 Å². The van der Waals surface area contributed by atoms with E-state index in [9.17, 15) is 4.39 Å². The number of hydrogen-bond donors (Lipinski definition) is 1. The smallest absolute Gasteiger partial charge is 0.141 e. The fraction of sp³-hybridized carbons (Fsp3) is 0.571. The van der Waals surface area contributed by atoms with Crippen molar-refractivity contribution in [1.82, 2.24) is 9.80 Å². The minimum atomic E-state index is -0.381. The molecule has 1 saturated heterocycles. The maximum Gasteiger partial charge on any atom is 0.141 e. The van der Waals surface area contributed by atoms with E-state index in [4.69, 9.17) is 17.3 Å². The van der Waals surface area contributed by atoms with Crippen LogP contribution in [-0.2, 0) is 6.42 Å². The number of rotatable bonds is 3. The standard InChI is InChI=1S/C14H21ClFN3/c1-18-5-6-19(2)14(9-18)13(17)8-10-3-4-12(16)11(15)7-10/h3-4,7,13-14H,5-6,8-9,17H2,1-2H3. The first kappa shape index (κ1) is 14.7. The molecule has 0 aromatic heterocycles. The van der Waals surface area contributed by atoms with Crippen LogP contribution in [0.1, 0.15) is 5.56 Å². The van der Waals surface area contributed by atoms with Crippen molar-refractivity contribution in [3.63, 3.8) is 0 Å². The zero-order valence-electron chi connectivity index (χ0n) is 11.4. The predicted octanol–water partition coefficient (Wildman–Crippen LogP) is 1.59. The van der Waals surface area contributed by atoms with E-state index in [1.165, 1.54) is 6.07 Å². The van der Waals surface area contributed by atoms with Gasteiger partial charge >= 0.3 is 0 Å². The Labute approximate surface area is 119 Å². The largest absolute Gasteiger partial charge is 0.326 e. The minimum absolute atomic E-state index is 0.0225. The van der Waals surface area contributed by atoms with Crippen molar-refractivity contribution in [3.05, 3.63) is 34.6 Å². The fourth-order valence-electron chi connectivity index (χ4n) is 2.58. The maximum atomic E-state index is 13.1. The van der Waals surface area contributed by atoms with Gasteiger partial charge in [0.25, 0.3) is 0 Å². The van der Waals surface area contributed by atoms with Crippen molar-refractivity contribution in [2.75, 3.05) is 33.7 Å². The van der Waals surface area contributed by atoms with Gasteiger partial charge in [0, 0.05) is 31.7 Å². The second-order valence-corrected chi connectivity index (χ2v) is 5.83. The quantitative estimate of drug-likeness (QED) is 0.916. The first-order chi connectivity index (χ1) is 8.97. The second kappa shape index (κ2) is 6.18. The average molecular weight is 286 g/mol. The number of benzene rings is 1. The number of piperazine rings is 1. The lowest BCUT2D eigenvalue weighted by atomic mass is 9.97. The van der Waals surface area contributed by atoms with Crippen LogP contribution in [0.2, 0.25) is 5.02 Å². The molecule has 1 heterocycles. The van der Waals surface area contributed by atoms with Crippen LogP contribution in [0.4, 0.5) is 4.39 Å². The number of likely N-dealkylation sites (N-methyl/N-ethyl adjacent to an activating group) is 2. The Morgan fingerprint density at radius 2 is 2.16 bits per heavy atom. The van der Waals surface area contributed by atoms with E-state index in [0.29, 0.717) is 12.5 Å². The summed E-state index contributed by atoms with van der Waals surface area (Å²) in [6.45, 7) is 3.06. The summed E-state index contributed by atoms with van der Waals surface area (Å²) in [5, 5.41) is 0.166. The van der Waals surface area contributed by atoms with Gasteiger partial charge in [-0.25, -0.2) is 4.39 Å². The molecule has 0 radical (unpaired) electrons. The van der Waals surface area contributed by atoms with E-state index in [1.54, 1.807) is 12.1 Å². The summed E-state index contributed by atoms with van der Waals surface area (Å²) >= 11 is 5.80. The van der Waals surface area contributed by atoms with Gasteiger partial charge in [-0.05, 0) is 38.2 Å². The van der Waals surface area contributed by atoms with Crippen LogP contribution in [0.15, 0.2) is 18.2 Å². The second-order valence-electron chi connectivity index (χ2n) is 5.43. The Morgan fingerprint density at radius 3 is 2.84 bits per heavy atom. The molecule has 1 fully saturated rings. The molecule has 1 aromatic carbocycles. The number of hydrogen-bond acceptors (Lipinski definition) is 3. The van der Waals surface area contributed by atoms with Crippen LogP contribution in [0.5, 0.6) is 0 Å². The molecule has 1 aliphatic heterocycles. The van der Waals surface area contributed by atoms with Crippen molar-refractivity contribution in [2.24, 2.45) is 5.73 Å². The summed E-state index contributed by atoms with van der Waals surface area (Å²) in [4.78, 5) is 4.60. The molecule has 3 nitrogen and oxygen atoms in total. The van der Waals surface area contributed by atoms with E-state index >= 15 is 0 Å². The van der Waals surface area contributed by atoms with Crippen LogP contribution >= 0.6 is 11.6 Å². The van der Waals surface area contributed by atoms with Crippen molar-refractivity contribution < 1.29 is 4.39 Å². The molecule has 0 saturated carbocycles. The third-order valence-corrected chi connectivity index (χ3v) is 4.14. The Balaban J connectivity index is 2.03. The molecular weight excluding hydrogens is 265 g/mol. The van der Waals surface area contributed by atoms with E-state index in [0.717, 1.165) is 25.2 Å². The summed E-state index contributed by atoms with van der Waals surface area (Å²) in [6.07, 6.45) is 0.711. The summed E-state index contributed by atoms with van der Waals surface area (Å²) in [6, 6.07) is 5.18. The highest BCUT2D eigenvalue weighted by Gasteiger charge is 2.27.